The lowest BCUT2D eigenvalue weighted by Gasteiger charge is -2.33. The summed E-state index contributed by atoms with van der Waals surface area (Å²) < 4.78 is 0. The van der Waals surface area contributed by atoms with Gasteiger partial charge in [-0.25, -0.2) is 0 Å². The molecular weight excluding hydrogens is 166 g/mol. The largest absolute Gasteiger partial charge is 0.359 e. The first-order chi connectivity index (χ1) is 6.24. The molecule has 0 aliphatic carbocycles. The summed E-state index contributed by atoms with van der Waals surface area (Å²) >= 11 is 0. The molecule has 13 heavy (non-hydrogen) atoms. The van der Waals surface area contributed by atoms with Crippen LogP contribution in [0, 0.1) is 0 Å². The van der Waals surface area contributed by atoms with E-state index in [9.17, 15) is 4.79 Å². The van der Waals surface area contributed by atoms with Gasteiger partial charge in [0.2, 0.25) is 5.91 Å². The van der Waals surface area contributed by atoms with Crippen LogP contribution in [0.25, 0.3) is 0 Å². The van der Waals surface area contributed by atoms with Crippen molar-refractivity contribution in [2.45, 2.75) is 19.4 Å². The Bertz CT molecular complexity index is 172. The van der Waals surface area contributed by atoms with Gasteiger partial charge in [-0.2, -0.15) is 0 Å². The maximum atomic E-state index is 11.0. The van der Waals surface area contributed by atoms with E-state index >= 15 is 0 Å². The van der Waals surface area contributed by atoms with Crippen molar-refractivity contribution in [3.05, 3.63) is 0 Å². The lowest BCUT2D eigenvalue weighted by molar-refractivity contribution is -0.121. The van der Waals surface area contributed by atoms with Gasteiger partial charge >= 0.3 is 0 Å². The monoisotopic (exact) mass is 185 g/mol. The van der Waals surface area contributed by atoms with E-state index in [0.29, 0.717) is 12.5 Å². The third kappa shape index (κ3) is 3.32. The van der Waals surface area contributed by atoms with Crippen molar-refractivity contribution in [2.24, 2.45) is 0 Å². The van der Waals surface area contributed by atoms with E-state index < -0.39 is 0 Å². The molecule has 2 N–H and O–H groups in total. The van der Waals surface area contributed by atoms with Gasteiger partial charge in [0.05, 0.1) is 0 Å². The van der Waals surface area contributed by atoms with Crippen molar-refractivity contribution in [3.8, 4) is 0 Å². The molecule has 0 unspecified atom stereocenters. The summed E-state index contributed by atoms with van der Waals surface area (Å²) in [5.41, 5.74) is 0. The SMILES string of the molecule is CNC(=O)CCN1CCNC[C@H]1C. The quantitative estimate of drug-likeness (QED) is 0.618. The van der Waals surface area contributed by atoms with Crippen molar-refractivity contribution in [2.75, 3.05) is 33.2 Å². The smallest absolute Gasteiger partial charge is 0.221 e. The number of nitrogens with one attached hydrogen (secondary N) is 2. The third-order valence-electron chi connectivity index (χ3n) is 2.54. The van der Waals surface area contributed by atoms with Crippen molar-refractivity contribution >= 4 is 5.91 Å². The second kappa shape index (κ2) is 5.19. The Morgan fingerprint density at radius 3 is 3.08 bits per heavy atom. The fraction of sp³-hybridized carbons (Fsp3) is 0.889. The van der Waals surface area contributed by atoms with Gasteiger partial charge in [0.1, 0.15) is 0 Å². The highest BCUT2D eigenvalue weighted by atomic mass is 16.1. The van der Waals surface area contributed by atoms with Crippen LogP contribution >= 0.6 is 0 Å². The second-order valence-corrected chi connectivity index (χ2v) is 3.51. The zero-order valence-electron chi connectivity index (χ0n) is 8.47. The van der Waals surface area contributed by atoms with Crippen LogP contribution in [-0.2, 0) is 4.79 Å². The fourth-order valence-electron chi connectivity index (χ4n) is 1.59. The van der Waals surface area contributed by atoms with E-state index in [-0.39, 0.29) is 5.91 Å². The van der Waals surface area contributed by atoms with Gasteiger partial charge in [0.25, 0.3) is 0 Å². The summed E-state index contributed by atoms with van der Waals surface area (Å²) in [5.74, 6) is 0.130. The summed E-state index contributed by atoms with van der Waals surface area (Å²) in [7, 11) is 1.68. The molecule has 76 valence electrons. The van der Waals surface area contributed by atoms with Gasteiger partial charge < -0.3 is 10.6 Å². The highest BCUT2D eigenvalue weighted by Gasteiger charge is 2.17. The van der Waals surface area contributed by atoms with E-state index in [4.69, 9.17) is 0 Å². The standard InChI is InChI=1S/C9H19N3O/c1-8-7-11-4-6-12(8)5-3-9(13)10-2/h8,11H,3-7H2,1-2H3,(H,10,13)/t8-/m1/s1. The number of carbonyl (C=O) groups excluding carboxylic acids is 1. The zero-order valence-corrected chi connectivity index (χ0v) is 8.47. The first kappa shape index (κ1) is 10.5. The number of hydrogen-bond donors (Lipinski definition) is 2. The van der Waals surface area contributed by atoms with Crippen molar-refractivity contribution < 1.29 is 4.79 Å². The second-order valence-electron chi connectivity index (χ2n) is 3.51. The molecule has 1 aliphatic heterocycles. The van der Waals surface area contributed by atoms with E-state index in [1.165, 1.54) is 0 Å². The molecule has 1 aliphatic rings. The van der Waals surface area contributed by atoms with Crippen LogP contribution in [0.2, 0.25) is 0 Å². The Hall–Kier alpha value is -0.610. The average Bonchev–Trinajstić information content (AvgIpc) is 2.16. The van der Waals surface area contributed by atoms with Gasteiger partial charge in [0.15, 0.2) is 0 Å². The van der Waals surface area contributed by atoms with Crippen LogP contribution < -0.4 is 10.6 Å². The van der Waals surface area contributed by atoms with Gasteiger partial charge in [-0.05, 0) is 6.92 Å². The number of amides is 1. The number of carbonyl (C=O) groups is 1. The van der Waals surface area contributed by atoms with E-state index in [2.05, 4.69) is 22.5 Å². The van der Waals surface area contributed by atoms with Crippen LogP contribution in [0.1, 0.15) is 13.3 Å². The van der Waals surface area contributed by atoms with Crippen molar-refractivity contribution in [3.63, 3.8) is 0 Å². The molecule has 4 heteroatoms. The van der Waals surface area contributed by atoms with Crippen LogP contribution in [0.3, 0.4) is 0 Å². The number of rotatable bonds is 3. The van der Waals surface area contributed by atoms with E-state index in [1.54, 1.807) is 7.05 Å². The molecule has 4 nitrogen and oxygen atoms in total. The Morgan fingerprint density at radius 2 is 2.46 bits per heavy atom. The topological polar surface area (TPSA) is 44.4 Å². The molecule has 0 aromatic heterocycles. The maximum absolute atomic E-state index is 11.0. The molecule has 1 fully saturated rings. The predicted octanol–water partition coefficient (Wildman–Crippen LogP) is -0.584. The number of hydrogen-bond acceptors (Lipinski definition) is 3. The summed E-state index contributed by atoms with van der Waals surface area (Å²) in [4.78, 5) is 13.4. The Morgan fingerprint density at radius 1 is 1.69 bits per heavy atom. The normalized spacial score (nSPS) is 24.3. The lowest BCUT2D eigenvalue weighted by Crippen LogP contribution is -2.50. The molecule has 0 bridgehead atoms. The van der Waals surface area contributed by atoms with Crippen LogP contribution in [0.5, 0.6) is 0 Å². The average molecular weight is 185 g/mol. The molecule has 0 aromatic carbocycles. The summed E-state index contributed by atoms with van der Waals surface area (Å²) in [5, 5.41) is 5.96. The maximum Gasteiger partial charge on any atom is 0.221 e. The zero-order chi connectivity index (χ0) is 9.68. The summed E-state index contributed by atoms with van der Waals surface area (Å²) in [6, 6.07) is 0.554. The van der Waals surface area contributed by atoms with Gasteiger partial charge in [0, 0.05) is 45.7 Å². The molecule has 0 aromatic rings. The Balaban J connectivity index is 2.22. The van der Waals surface area contributed by atoms with Crippen LogP contribution in [0.4, 0.5) is 0 Å². The first-order valence-corrected chi connectivity index (χ1v) is 4.89. The molecule has 1 atom stereocenters. The highest BCUT2D eigenvalue weighted by Crippen LogP contribution is 2.02. The van der Waals surface area contributed by atoms with E-state index in [1.807, 2.05) is 0 Å². The minimum Gasteiger partial charge on any atom is -0.359 e. The van der Waals surface area contributed by atoms with E-state index in [0.717, 1.165) is 26.2 Å². The van der Waals surface area contributed by atoms with Gasteiger partial charge in [-0.3, -0.25) is 9.69 Å². The summed E-state index contributed by atoms with van der Waals surface area (Å²) in [6.45, 7) is 6.20. The first-order valence-electron chi connectivity index (χ1n) is 4.89. The molecule has 1 rings (SSSR count). The van der Waals surface area contributed by atoms with Crippen molar-refractivity contribution in [1.82, 2.24) is 15.5 Å². The highest BCUT2D eigenvalue weighted by molar-refractivity contribution is 5.75. The molecule has 1 amide bonds. The van der Waals surface area contributed by atoms with Crippen molar-refractivity contribution in [1.29, 1.82) is 0 Å². The third-order valence-corrected chi connectivity index (χ3v) is 2.54. The predicted molar refractivity (Wildman–Crippen MR) is 52.6 cm³/mol. The summed E-state index contributed by atoms with van der Waals surface area (Å²) in [6.07, 6.45) is 0.612. The fourth-order valence-corrected chi connectivity index (χ4v) is 1.59. The molecule has 1 saturated heterocycles. The van der Waals surface area contributed by atoms with Gasteiger partial charge in [-0.15, -0.1) is 0 Å². The molecule has 0 saturated carbocycles. The molecule has 1 heterocycles. The lowest BCUT2D eigenvalue weighted by atomic mass is 10.2. The van der Waals surface area contributed by atoms with Crippen LogP contribution in [0.15, 0.2) is 0 Å². The Kier molecular flexibility index (Phi) is 4.18. The molecular formula is C9H19N3O. The molecule has 0 radical (unpaired) electrons. The Labute approximate surface area is 79.7 Å². The molecule has 0 spiro atoms. The van der Waals surface area contributed by atoms with Gasteiger partial charge in [-0.1, -0.05) is 0 Å². The van der Waals surface area contributed by atoms with Crippen LogP contribution in [-0.4, -0.2) is 50.1 Å². The minimum absolute atomic E-state index is 0.130. The number of nitrogens with zero attached hydrogens (tertiary/aromatic N) is 1. The minimum atomic E-state index is 0.130. The number of piperazine rings is 1.